The molecular formula is C13H23NS2. The van der Waals surface area contributed by atoms with Gasteiger partial charge in [-0.3, -0.25) is 0 Å². The maximum atomic E-state index is 3.66. The van der Waals surface area contributed by atoms with Crippen LogP contribution in [0.4, 0.5) is 0 Å². The van der Waals surface area contributed by atoms with Crippen molar-refractivity contribution < 1.29 is 0 Å². The molecule has 0 aliphatic heterocycles. The molecule has 0 saturated heterocycles. The first-order valence-corrected chi connectivity index (χ1v) is 8.38. The monoisotopic (exact) mass is 257 g/mol. The van der Waals surface area contributed by atoms with Crippen LogP contribution in [0.5, 0.6) is 0 Å². The fourth-order valence-electron chi connectivity index (χ4n) is 1.71. The third-order valence-electron chi connectivity index (χ3n) is 2.73. The second kappa shape index (κ2) is 9.08. The second-order valence-corrected chi connectivity index (χ2v) is 6.06. The molecule has 0 spiro atoms. The lowest BCUT2D eigenvalue weighted by Crippen LogP contribution is -2.31. The van der Waals surface area contributed by atoms with Crippen LogP contribution >= 0.6 is 23.1 Å². The summed E-state index contributed by atoms with van der Waals surface area (Å²) in [6.07, 6.45) is 7.24. The number of hydrogen-bond acceptors (Lipinski definition) is 3. The van der Waals surface area contributed by atoms with Crippen LogP contribution in [0.2, 0.25) is 0 Å². The number of hydrogen-bond donors (Lipinski definition) is 1. The molecule has 3 heteroatoms. The largest absolute Gasteiger partial charge is 0.314 e. The molecule has 1 nitrogen and oxygen atoms in total. The van der Waals surface area contributed by atoms with E-state index in [2.05, 4.69) is 36.0 Å². The second-order valence-electron chi connectivity index (χ2n) is 4.04. The van der Waals surface area contributed by atoms with Crippen LogP contribution in [-0.4, -0.2) is 24.6 Å². The van der Waals surface area contributed by atoms with Crippen molar-refractivity contribution in [3.63, 3.8) is 0 Å². The van der Waals surface area contributed by atoms with Gasteiger partial charge in [0.2, 0.25) is 0 Å². The zero-order chi connectivity index (χ0) is 11.6. The quantitative estimate of drug-likeness (QED) is 0.675. The molecule has 0 bridgehead atoms. The van der Waals surface area contributed by atoms with Crippen LogP contribution in [0, 0.1) is 0 Å². The predicted molar refractivity (Wildman–Crippen MR) is 77.7 cm³/mol. The van der Waals surface area contributed by atoms with E-state index in [-0.39, 0.29) is 0 Å². The van der Waals surface area contributed by atoms with Crippen LogP contribution in [0.3, 0.4) is 0 Å². The van der Waals surface area contributed by atoms with Crippen molar-refractivity contribution in [2.45, 2.75) is 38.6 Å². The van der Waals surface area contributed by atoms with E-state index in [4.69, 9.17) is 0 Å². The highest BCUT2D eigenvalue weighted by Crippen LogP contribution is 2.12. The molecule has 1 heterocycles. The van der Waals surface area contributed by atoms with Gasteiger partial charge in [0.05, 0.1) is 0 Å². The molecule has 0 amide bonds. The Labute approximate surface area is 108 Å². The van der Waals surface area contributed by atoms with Crippen LogP contribution in [-0.2, 0) is 6.42 Å². The Morgan fingerprint density at radius 3 is 2.94 bits per heavy atom. The first-order chi connectivity index (χ1) is 7.86. The van der Waals surface area contributed by atoms with Crippen LogP contribution < -0.4 is 5.32 Å². The van der Waals surface area contributed by atoms with Crippen molar-refractivity contribution >= 4 is 23.1 Å². The molecular weight excluding hydrogens is 234 g/mol. The normalized spacial score (nSPS) is 12.9. The maximum absolute atomic E-state index is 3.66. The summed E-state index contributed by atoms with van der Waals surface area (Å²) < 4.78 is 0. The van der Waals surface area contributed by atoms with Gasteiger partial charge < -0.3 is 5.32 Å². The number of nitrogens with one attached hydrogen (secondary N) is 1. The topological polar surface area (TPSA) is 12.0 Å². The minimum Gasteiger partial charge on any atom is -0.314 e. The molecule has 0 saturated carbocycles. The van der Waals surface area contributed by atoms with Crippen LogP contribution in [0.1, 0.15) is 31.1 Å². The number of unbranched alkanes of at least 4 members (excludes halogenated alkanes) is 1. The molecule has 0 fully saturated rings. The summed E-state index contributed by atoms with van der Waals surface area (Å²) in [5, 5.41) is 5.83. The highest BCUT2D eigenvalue weighted by Gasteiger charge is 2.06. The Morgan fingerprint density at radius 2 is 2.31 bits per heavy atom. The van der Waals surface area contributed by atoms with E-state index in [9.17, 15) is 0 Å². The van der Waals surface area contributed by atoms with Gasteiger partial charge in [-0.1, -0.05) is 13.0 Å². The lowest BCUT2D eigenvalue weighted by Gasteiger charge is -2.15. The summed E-state index contributed by atoms with van der Waals surface area (Å²) in [5.74, 6) is 1.30. The minimum absolute atomic E-state index is 0.660. The molecule has 16 heavy (non-hydrogen) atoms. The van der Waals surface area contributed by atoms with Crippen LogP contribution in [0.25, 0.3) is 0 Å². The molecule has 1 atom stereocenters. The third kappa shape index (κ3) is 5.92. The van der Waals surface area contributed by atoms with Gasteiger partial charge in [0.15, 0.2) is 0 Å². The van der Waals surface area contributed by atoms with E-state index in [1.165, 1.54) is 42.9 Å². The molecule has 1 N–H and O–H groups in total. The number of rotatable bonds is 9. The van der Waals surface area contributed by atoms with Crippen molar-refractivity contribution in [3.8, 4) is 0 Å². The first-order valence-electron chi connectivity index (χ1n) is 6.11. The van der Waals surface area contributed by atoms with Gasteiger partial charge in [0.25, 0.3) is 0 Å². The lowest BCUT2D eigenvalue weighted by atomic mass is 10.1. The zero-order valence-electron chi connectivity index (χ0n) is 10.4. The van der Waals surface area contributed by atoms with Crippen molar-refractivity contribution in [3.05, 3.63) is 22.4 Å². The van der Waals surface area contributed by atoms with Gasteiger partial charge >= 0.3 is 0 Å². The Morgan fingerprint density at radius 1 is 1.44 bits per heavy atom. The van der Waals surface area contributed by atoms with E-state index >= 15 is 0 Å². The predicted octanol–water partition coefficient (Wildman–Crippen LogP) is 3.80. The van der Waals surface area contributed by atoms with Gasteiger partial charge in [0.1, 0.15) is 0 Å². The van der Waals surface area contributed by atoms with Gasteiger partial charge in [-0.25, -0.2) is 0 Å². The van der Waals surface area contributed by atoms with E-state index in [0.29, 0.717) is 6.04 Å². The molecule has 1 aromatic rings. The zero-order valence-corrected chi connectivity index (χ0v) is 12.0. The highest BCUT2D eigenvalue weighted by atomic mass is 32.2. The smallest absolute Gasteiger partial charge is 0.0113 e. The van der Waals surface area contributed by atoms with Gasteiger partial charge in [-0.15, -0.1) is 11.3 Å². The molecule has 1 aromatic heterocycles. The van der Waals surface area contributed by atoms with Crippen molar-refractivity contribution in [1.29, 1.82) is 0 Å². The average molecular weight is 257 g/mol. The van der Waals surface area contributed by atoms with E-state index < -0.39 is 0 Å². The molecule has 0 aliphatic carbocycles. The maximum Gasteiger partial charge on any atom is 0.0113 e. The molecule has 0 aromatic carbocycles. The summed E-state index contributed by atoms with van der Waals surface area (Å²) in [6.45, 7) is 3.44. The number of thiophene rings is 1. The molecule has 1 rings (SSSR count). The van der Waals surface area contributed by atoms with Crippen molar-refractivity contribution in [1.82, 2.24) is 5.32 Å². The fourth-order valence-corrected chi connectivity index (χ4v) is 2.99. The van der Waals surface area contributed by atoms with Gasteiger partial charge in [-0.2, -0.15) is 11.8 Å². The molecule has 1 unspecified atom stereocenters. The molecule has 0 aliphatic rings. The Hall–Kier alpha value is 0.01000. The van der Waals surface area contributed by atoms with Crippen molar-refractivity contribution in [2.24, 2.45) is 0 Å². The highest BCUT2D eigenvalue weighted by molar-refractivity contribution is 7.98. The van der Waals surface area contributed by atoms with E-state index in [1.807, 2.05) is 23.1 Å². The summed E-state index contributed by atoms with van der Waals surface area (Å²) in [4.78, 5) is 1.50. The fraction of sp³-hybridized carbons (Fsp3) is 0.692. The molecule has 0 radical (unpaired) electrons. The summed E-state index contributed by atoms with van der Waals surface area (Å²) >= 11 is 3.81. The SMILES string of the molecule is CCC(Cc1cccs1)NCCCCSC. The van der Waals surface area contributed by atoms with E-state index in [1.54, 1.807) is 0 Å². The molecule has 92 valence electrons. The average Bonchev–Trinajstić information content (AvgIpc) is 2.80. The summed E-state index contributed by atoms with van der Waals surface area (Å²) in [7, 11) is 0. The van der Waals surface area contributed by atoms with Crippen molar-refractivity contribution in [2.75, 3.05) is 18.6 Å². The third-order valence-corrected chi connectivity index (χ3v) is 4.32. The minimum atomic E-state index is 0.660. The van der Waals surface area contributed by atoms with E-state index in [0.717, 1.165) is 0 Å². The standard InChI is InChI=1S/C13H23NS2/c1-3-12(11-13-7-6-10-16-13)14-8-4-5-9-15-2/h6-7,10,12,14H,3-5,8-9,11H2,1-2H3. The summed E-state index contributed by atoms with van der Waals surface area (Å²) in [6, 6.07) is 5.04. The first kappa shape index (κ1) is 14.1. The Balaban J connectivity index is 2.12. The summed E-state index contributed by atoms with van der Waals surface area (Å²) in [5.41, 5.74) is 0. The lowest BCUT2D eigenvalue weighted by molar-refractivity contribution is 0.489. The van der Waals surface area contributed by atoms with Gasteiger partial charge in [-0.05, 0) is 55.7 Å². The number of thioether (sulfide) groups is 1. The van der Waals surface area contributed by atoms with Crippen LogP contribution in [0.15, 0.2) is 17.5 Å². The Bertz CT molecular complexity index is 246. The Kier molecular flexibility index (Phi) is 7.99. The van der Waals surface area contributed by atoms with Gasteiger partial charge in [0, 0.05) is 10.9 Å².